The summed E-state index contributed by atoms with van der Waals surface area (Å²) in [6.45, 7) is 0. The number of hydrogen-bond donors (Lipinski definition) is 2. The molecule has 9 heavy (non-hydrogen) atoms. The molecule has 2 aliphatic rings. The van der Waals surface area contributed by atoms with Gasteiger partial charge >= 0.3 is 0 Å². The van der Waals surface area contributed by atoms with Crippen molar-refractivity contribution in [2.75, 3.05) is 0 Å². The van der Waals surface area contributed by atoms with Gasteiger partial charge in [-0.15, -0.1) is 0 Å². The molecule has 0 aromatic heterocycles. The first-order valence-corrected chi connectivity index (χ1v) is 3.71. The number of aliphatic hydroxyl groups is 1. The fourth-order valence-electron chi connectivity index (χ4n) is 2.37. The molecule has 0 heterocycles. The van der Waals surface area contributed by atoms with Crippen LogP contribution in [0.15, 0.2) is 0 Å². The highest BCUT2D eigenvalue weighted by molar-refractivity contribution is 4.97. The fourth-order valence-corrected chi connectivity index (χ4v) is 2.37. The van der Waals surface area contributed by atoms with Gasteiger partial charge in [0.2, 0.25) is 0 Å². The average molecular weight is 127 g/mol. The number of nitrogens with two attached hydrogens (primary N) is 1. The Balaban J connectivity index is 2.13. The third-order valence-electron chi connectivity index (χ3n) is 2.83. The zero-order valence-corrected chi connectivity index (χ0v) is 5.46. The third-order valence-corrected chi connectivity index (χ3v) is 2.83. The SMILES string of the molecule is N[C@@H]1C[C@@H]2C[C@H]1[C@@H](O)C2. The Morgan fingerprint density at radius 3 is 2.33 bits per heavy atom. The van der Waals surface area contributed by atoms with Gasteiger partial charge in [0.15, 0.2) is 0 Å². The quantitative estimate of drug-likeness (QED) is 0.485. The molecule has 0 aromatic rings. The lowest BCUT2D eigenvalue weighted by molar-refractivity contribution is 0.103. The molecule has 52 valence electrons. The molecule has 2 rings (SSSR count). The largest absolute Gasteiger partial charge is 0.393 e. The van der Waals surface area contributed by atoms with Crippen molar-refractivity contribution in [3.63, 3.8) is 0 Å². The number of rotatable bonds is 0. The second-order valence-electron chi connectivity index (χ2n) is 3.47. The first-order chi connectivity index (χ1) is 4.27. The zero-order chi connectivity index (χ0) is 6.43. The molecule has 0 saturated heterocycles. The normalized spacial score (nSPS) is 56.7. The van der Waals surface area contributed by atoms with Crippen molar-refractivity contribution < 1.29 is 5.11 Å². The topological polar surface area (TPSA) is 46.2 Å². The van der Waals surface area contributed by atoms with Crippen LogP contribution >= 0.6 is 0 Å². The summed E-state index contributed by atoms with van der Waals surface area (Å²) in [5, 5.41) is 9.31. The molecule has 2 fully saturated rings. The maximum Gasteiger partial charge on any atom is 0.0585 e. The van der Waals surface area contributed by atoms with Crippen LogP contribution in [0.2, 0.25) is 0 Å². The maximum absolute atomic E-state index is 9.31. The van der Waals surface area contributed by atoms with Crippen molar-refractivity contribution in [3.05, 3.63) is 0 Å². The van der Waals surface area contributed by atoms with Gasteiger partial charge in [-0.05, 0) is 25.2 Å². The molecular formula is C7H13NO. The Bertz CT molecular complexity index is 114. The molecule has 4 atom stereocenters. The van der Waals surface area contributed by atoms with E-state index in [1.54, 1.807) is 0 Å². The highest BCUT2D eigenvalue weighted by Gasteiger charge is 2.43. The maximum atomic E-state index is 9.31. The molecular weight excluding hydrogens is 114 g/mol. The van der Waals surface area contributed by atoms with Crippen LogP contribution in [0.5, 0.6) is 0 Å². The highest BCUT2D eigenvalue weighted by Crippen LogP contribution is 2.43. The molecule has 0 aliphatic heterocycles. The van der Waals surface area contributed by atoms with E-state index >= 15 is 0 Å². The first-order valence-electron chi connectivity index (χ1n) is 3.71. The minimum atomic E-state index is -0.0706. The minimum absolute atomic E-state index is 0.0706. The van der Waals surface area contributed by atoms with Crippen LogP contribution in [0.1, 0.15) is 19.3 Å². The second kappa shape index (κ2) is 1.70. The molecule has 2 bridgehead atoms. The van der Waals surface area contributed by atoms with Gasteiger partial charge in [-0.2, -0.15) is 0 Å². The lowest BCUT2D eigenvalue weighted by Gasteiger charge is -2.21. The Morgan fingerprint density at radius 1 is 1.22 bits per heavy atom. The van der Waals surface area contributed by atoms with Crippen molar-refractivity contribution in [2.45, 2.75) is 31.4 Å². The lowest BCUT2D eigenvalue weighted by atomic mass is 9.94. The summed E-state index contributed by atoms with van der Waals surface area (Å²) in [5.41, 5.74) is 5.75. The predicted octanol–water partition coefficient (Wildman–Crippen LogP) is 0.104. The smallest absolute Gasteiger partial charge is 0.0585 e. The molecule has 3 N–H and O–H groups in total. The number of aliphatic hydroxyl groups excluding tert-OH is 1. The van der Waals surface area contributed by atoms with Gasteiger partial charge in [-0.25, -0.2) is 0 Å². The lowest BCUT2D eigenvalue weighted by Crippen LogP contribution is -2.34. The summed E-state index contributed by atoms with van der Waals surface area (Å²) in [6.07, 6.45) is 3.28. The number of hydrogen-bond acceptors (Lipinski definition) is 2. The third kappa shape index (κ3) is 0.700. The monoisotopic (exact) mass is 127 g/mol. The van der Waals surface area contributed by atoms with Gasteiger partial charge in [0.1, 0.15) is 0 Å². The molecule has 2 nitrogen and oxygen atoms in total. The Hall–Kier alpha value is -0.0800. The molecule has 0 spiro atoms. The predicted molar refractivity (Wildman–Crippen MR) is 34.8 cm³/mol. The standard InChI is InChI=1S/C7H13NO/c8-6-2-4-1-5(6)7(9)3-4/h4-7,9H,1-3,8H2/t4-,5+,6+,7-/m0/s1. The van der Waals surface area contributed by atoms with E-state index in [9.17, 15) is 5.11 Å². The van der Waals surface area contributed by atoms with Crippen molar-refractivity contribution in [1.29, 1.82) is 0 Å². The van der Waals surface area contributed by atoms with Gasteiger partial charge in [-0.1, -0.05) is 0 Å². The molecule has 0 radical (unpaired) electrons. The van der Waals surface area contributed by atoms with E-state index in [-0.39, 0.29) is 6.10 Å². The van der Waals surface area contributed by atoms with Gasteiger partial charge in [0.25, 0.3) is 0 Å². The Morgan fingerprint density at radius 2 is 2.00 bits per heavy atom. The first kappa shape index (κ1) is 5.69. The zero-order valence-electron chi connectivity index (χ0n) is 5.46. The molecule has 0 aromatic carbocycles. The van der Waals surface area contributed by atoms with Crippen molar-refractivity contribution >= 4 is 0 Å². The van der Waals surface area contributed by atoms with E-state index in [2.05, 4.69) is 0 Å². The van der Waals surface area contributed by atoms with Gasteiger partial charge in [-0.3, -0.25) is 0 Å². The van der Waals surface area contributed by atoms with Crippen LogP contribution in [0, 0.1) is 11.8 Å². The highest BCUT2D eigenvalue weighted by atomic mass is 16.3. The molecule has 0 amide bonds. The fraction of sp³-hybridized carbons (Fsp3) is 1.00. The van der Waals surface area contributed by atoms with E-state index in [1.165, 1.54) is 6.42 Å². The molecule has 2 heteroatoms. The summed E-state index contributed by atoms with van der Waals surface area (Å²) in [6, 6.07) is 0.304. The van der Waals surface area contributed by atoms with Crippen LogP contribution in [0.4, 0.5) is 0 Å². The van der Waals surface area contributed by atoms with Crippen LogP contribution in [-0.2, 0) is 0 Å². The number of fused-ring (bicyclic) bond motifs is 2. The van der Waals surface area contributed by atoms with Crippen molar-refractivity contribution in [3.8, 4) is 0 Å². The summed E-state index contributed by atoms with van der Waals surface area (Å²) in [7, 11) is 0. The van der Waals surface area contributed by atoms with Crippen molar-refractivity contribution in [2.24, 2.45) is 17.6 Å². The summed E-state index contributed by atoms with van der Waals surface area (Å²) in [5.74, 6) is 1.19. The van der Waals surface area contributed by atoms with Gasteiger partial charge < -0.3 is 10.8 Å². The van der Waals surface area contributed by atoms with Gasteiger partial charge in [0.05, 0.1) is 6.10 Å². The Kier molecular flexibility index (Phi) is 1.08. The summed E-state index contributed by atoms with van der Waals surface area (Å²) >= 11 is 0. The van der Waals surface area contributed by atoms with Crippen molar-refractivity contribution in [1.82, 2.24) is 0 Å². The minimum Gasteiger partial charge on any atom is -0.393 e. The van der Waals surface area contributed by atoms with Crippen LogP contribution in [-0.4, -0.2) is 17.3 Å². The van der Waals surface area contributed by atoms with E-state index in [1.807, 2.05) is 0 Å². The van der Waals surface area contributed by atoms with Crippen LogP contribution in [0.25, 0.3) is 0 Å². The summed E-state index contributed by atoms with van der Waals surface area (Å²) < 4.78 is 0. The van der Waals surface area contributed by atoms with E-state index in [4.69, 9.17) is 5.73 Å². The molecule has 2 saturated carbocycles. The Labute approximate surface area is 55.1 Å². The average Bonchev–Trinajstić information content (AvgIpc) is 2.22. The van der Waals surface area contributed by atoms with E-state index in [0.717, 1.165) is 18.8 Å². The molecule has 0 unspecified atom stereocenters. The van der Waals surface area contributed by atoms with Crippen LogP contribution in [0.3, 0.4) is 0 Å². The van der Waals surface area contributed by atoms with E-state index in [0.29, 0.717) is 12.0 Å². The van der Waals surface area contributed by atoms with Crippen LogP contribution < -0.4 is 5.73 Å². The van der Waals surface area contributed by atoms with Gasteiger partial charge in [0, 0.05) is 12.0 Å². The molecule has 2 aliphatic carbocycles. The van der Waals surface area contributed by atoms with E-state index < -0.39 is 0 Å². The second-order valence-corrected chi connectivity index (χ2v) is 3.47. The summed E-state index contributed by atoms with van der Waals surface area (Å²) in [4.78, 5) is 0.